The number of likely N-dealkylation sites (N-methyl/N-ethyl adjacent to an activating group) is 1. The summed E-state index contributed by atoms with van der Waals surface area (Å²) in [6, 6.07) is 6.82. The molecule has 142 valence electrons. The van der Waals surface area contributed by atoms with Gasteiger partial charge < -0.3 is 15.5 Å². The summed E-state index contributed by atoms with van der Waals surface area (Å²) >= 11 is 2.04. The molecule has 7 heteroatoms. The Hall–Kier alpha value is -0.540. The monoisotopic (exact) mass is 480 g/mol. The number of hydrogen-bond acceptors (Lipinski definition) is 3. The van der Waals surface area contributed by atoms with Crippen molar-refractivity contribution in [3.8, 4) is 0 Å². The van der Waals surface area contributed by atoms with E-state index in [9.17, 15) is 4.39 Å². The SMILES string of the molecule is CCNC(=NCC(c1ccc(F)cc1)N(C)C)NCC1CCCS1.I. The van der Waals surface area contributed by atoms with Gasteiger partial charge in [0.15, 0.2) is 5.96 Å². The Kier molecular flexibility index (Phi) is 10.8. The predicted molar refractivity (Wildman–Crippen MR) is 118 cm³/mol. The molecule has 0 saturated carbocycles. The molecule has 1 aromatic carbocycles. The third kappa shape index (κ3) is 7.70. The topological polar surface area (TPSA) is 39.7 Å². The Labute approximate surface area is 172 Å². The summed E-state index contributed by atoms with van der Waals surface area (Å²) in [6.45, 7) is 4.50. The fraction of sp³-hybridized carbons (Fsp3) is 0.611. The van der Waals surface area contributed by atoms with Crippen LogP contribution in [0.4, 0.5) is 4.39 Å². The zero-order chi connectivity index (χ0) is 17.4. The number of halogens is 2. The summed E-state index contributed by atoms with van der Waals surface area (Å²) in [7, 11) is 4.05. The van der Waals surface area contributed by atoms with Crippen molar-refractivity contribution in [1.82, 2.24) is 15.5 Å². The van der Waals surface area contributed by atoms with E-state index in [2.05, 4.69) is 22.5 Å². The van der Waals surface area contributed by atoms with Gasteiger partial charge in [-0.3, -0.25) is 4.99 Å². The number of thioether (sulfide) groups is 1. The van der Waals surface area contributed by atoms with E-state index in [-0.39, 0.29) is 35.8 Å². The average Bonchev–Trinajstić information content (AvgIpc) is 3.07. The van der Waals surface area contributed by atoms with Crippen molar-refractivity contribution in [3.63, 3.8) is 0 Å². The van der Waals surface area contributed by atoms with Gasteiger partial charge in [0.2, 0.25) is 0 Å². The number of guanidine groups is 1. The molecule has 1 aliphatic rings. The predicted octanol–water partition coefficient (Wildman–Crippen LogP) is 3.50. The fourth-order valence-corrected chi connectivity index (χ4v) is 3.99. The zero-order valence-corrected chi connectivity index (χ0v) is 18.4. The van der Waals surface area contributed by atoms with Crippen LogP contribution in [0.5, 0.6) is 0 Å². The van der Waals surface area contributed by atoms with Crippen LogP contribution in [0.15, 0.2) is 29.3 Å². The second-order valence-electron chi connectivity index (χ2n) is 6.27. The molecule has 2 N–H and O–H groups in total. The maximum atomic E-state index is 13.2. The van der Waals surface area contributed by atoms with E-state index in [1.165, 1.54) is 30.7 Å². The van der Waals surface area contributed by atoms with Gasteiger partial charge in [-0.25, -0.2) is 4.39 Å². The molecule has 25 heavy (non-hydrogen) atoms. The number of rotatable bonds is 7. The van der Waals surface area contributed by atoms with Crippen molar-refractivity contribution < 1.29 is 4.39 Å². The van der Waals surface area contributed by atoms with Gasteiger partial charge in [-0.05, 0) is 57.3 Å². The molecule has 0 amide bonds. The standard InChI is InChI=1S/C18H29FN4S.HI/c1-4-20-18(21-12-16-6-5-11-24-16)22-13-17(23(2)3)14-7-9-15(19)10-8-14;/h7-10,16-17H,4-6,11-13H2,1-3H3,(H2,20,21,22);1H. The Balaban J connectivity index is 0.00000312. The molecule has 0 aliphatic carbocycles. The van der Waals surface area contributed by atoms with Crippen LogP contribution >= 0.6 is 35.7 Å². The van der Waals surface area contributed by atoms with Crippen molar-refractivity contribution in [2.24, 2.45) is 4.99 Å². The molecular formula is C18H30FIN4S. The molecule has 1 aromatic rings. The van der Waals surface area contributed by atoms with Crippen molar-refractivity contribution >= 4 is 41.7 Å². The van der Waals surface area contributed by atoms with E-state index in [0.29, 0.717) is 11.8 Å². The summed E-state index contributed by atoms with van der Waals surface area (Å²) < 4.78 is 13.2. The number of hydrogen-bond donors (Lipinski definition) is 2. The lowest BCUT2D eigenvalue weighted by atomic mass is 10.1. The van der Waals surface area contributed by atoms with E-state index in [1.807, 2.05) is 38.0 Å². The normalized spacial score (nSPS) is 18.8. The van der Waals surface area contributed by atoms with Crippen LogP contribution in [0.3, 0.4) is 0 Å². The van der Waals surface area contributed by atoms with Crippen LogP contribution in [0.2, 0.25) is 0 Å². The van der Waals surface area contributed by atoms with Crippen LogP contribution in [0, 0.1) is 5.82 Å². The van der Waals surface area contributed by atoms with Crippen LogP contribution in [-0.4, -0.2) is 55.6 Å². The van der Waals surface area contributed by atoms with E-state index in [4.69, 9.17) is 4.99 Å². The maximum absolute atomic E-state index is 13.2. The molecule has 1 saturated heterocycles. The van der Waals surface area contributed by atoms with Crippen molar-refractivity contribution in [2.45, 2.75) is 31.1 Å². The second-order valence-corrected chi connectivity index (χ2v) is 7.67. The third-order valence-corrected chi connectivity index (χ3v) is 5.56. The van der Waals surface area contributed by atoms with Gasteiger partial charge in [0, 0.05) is 18.3 Å². The lowest BCUT2D eigenvalue weighted by Crippen LogP contribution is -2.40. The lowest BCUT2D eigenvalue weighted by molar-refractivity contribution is 0.306. The minimum Gasteiger partial charge on any atom is -0.357 e. The Morgan fingerprint density at radius 1 is 1.32 bits per heavy atom. The summed E-state index contributed by atoms with van der Waals surface area (Å²) in [5, 5.41) is 7.46. The number of nitrogens with one attached hydrogen (secondary N) is 2. The molecule has 1 heterocycles. The molecule has 4 nitrogen and oxygen atoms in total. The van der Waals surface area contributed by atoms with Crippen LogP contribution in [0.25, 0.3) is 0 Å². The van der Waals surface area contributed by atoms with Crippen LogP contribution in [0.1, 0.15) is 31.4 Å². The van der Waals surface area contributed by atoms with Gasteiger partial charge in [0.25, 0.3) is 0 Å². The molecule has 1 aliphatic heterocycles. The maximum Gasteiger partial charge on any atom is 0.191 e. The highest BCUT2D eigenvalue weighted by Crippen LogP contribution is 2.25. The molecule has 0 radical (unpaired) electrons. The molecule has 0 aromatic heterocycles. The highest BCUT2D eigenvalue weighted by atomic mass is 127. The summed E-state index contributed by atoms with van der Waals surface area (Å²) in [5.74, 6) is 1.93. The number of benzene rings is 1. The van der Waals surface area contributed by atoms with Crippen molar-refractivity contribution in [1.29, 1.82) is 0 Å². The third-order valence-electron chi connectivity index (χ3n) is 4.17. The van der Waals surface area contributed by atoms with Gasteiger partial charge in [-0.2, -0.15) is 11.8 Å². The zero-order valence-electron chi connectivity index (χ0n) is 15.3. The highest BCUT2D eigenvalue weighted by Gasteiger charge is 2.17. The second kappa shape index (κ2) is 12.0. The largest absolute Gasteiger partial charge is 0.357 e. The Bertz CT molecular complexity index is 518. The van der Waals surface area contributed by atoms with E-state index in [1.54, 1.807) is 0 Å². The molecule has 0 bridgehead atoms. The molecule has 1 fully saturated rings. The van der Waals surface area contributed by atoms with Crippen molar-refractivity contribution in [2.75, 3.05) is 39.5 Å². The smallest absolute Gasteiger partial charge is 0.191 e. The van der Waals surface area contributed by atoms with Crippen molar-refractivity contribution in [3.05, 3.63) is 35.6 Å². The first kappa shape index (κ1) is 22.5. The quantitative estimate of drug-likeness (QED) is 0.356. The molecule has 2 rings (SSSR count). The fourth-order valence-electron chi connectivity index (χ4n) is 2.79. The summed E-state index contributed by atoms with van der Waals surface area (Å²) in [4.78, 5) is 6.86. The number of aliphatic imine (C=N–C) groups is 1. The average molecular weight is 480 g/mol. The first-order valence-electron chi connectivity index (χ1n) is 8.65. The minimum absolute atomic E-state index is 0. The highest BCUT2D eigenvalue weighted by molar-refractivity contribution is 14.0. The summed E-state index contributed by atoms with van der Waals surface area (Å²) in [6.07, 6.45) is 2.60. The van der Waals surface area contributed by atoms with Gasteiger partial charge in [-0.15, -0.1) is 24.0 Å². The van der Waals surface area contributed by atoms with Gasteiger partial charge >= 0.3 is 0 Å². The first-order valence-corrected chi connectivity index (χ1v) is 9.70. The Morgan fingerprint density at radius 3 is 2.60 bits per heavy atom. The molecule has 2 atom stereocenters. The molecule has 0 spiro atoms. The summed E-state index contributed by atoms with van der Waals surface area (Å²) in [5.41, 5.74) is 1.08. The van der Waals surface area contributed by atoms with Gasteiger partial charge in [0.05, 0.1) is 12.6 Å². The van der Waals surface area contributed by atoms with E-state index < -0.39 is 0 Å². The van der Waals surface area contributed by atoms with E-state index in [0.717, 1.165) is 24.6 Å². The lowest BCUT2D eigenvalue weighted by Gasteiger charge is -2.24. The van der Waals surface area contributed by atoms with Gasteiger partial charge in [-0.1, -0.05) is 12.1 Å². The Morgan fingerprint density at radius 2 is 2.04 bits per heavy atom. The minimum atomic E-state index is -0.205. The van der Waals surface area contributed by atoms with Crippen LogP contribution in [-0.2, 0) is 0 Å². The van der Waals surface area contributed by atoms with E-state index >= 15 is 0 Å². The molecule has 2 unspecified atom stereocenters. The first-order chi connectivity index (χ1) is 11.6. The van der Waals surface area contributed by atoms with Gasteiger partial charge in [0.1, 0.15) is 5.82 Å². The molecular weight excluding hydrogens is 450 g/mol. The number of nitrogens with zero attached hydrogens (tertiary/aromatic N) is 2. The van der Waals surface area contributed by atoms with Crippen LogP contribution < -0.4 is 10.6 Å².